The molecule has 0 spiro atoms. The highest BCUT2D eigenvalue weighted by Gasteiger charge is 2.23. The molecule has 0 aliphatic rings. The van der Waals surface area contributed by atoms with Gasteiger partial charge < -0.3 is 0 Å². The average molecular weight is 388 g/mol. The topological polar surface area (TPSA) is 29.5 Å². The number of benzene rings is 3. The second-order valence-electron chi connectivity index (χ2n) is 7.66. The molecule has 0 aromatic heterocycles. The number of carbonyl (C=O) groups is 1. The Morgan fingerprint density at radius 3 is 1.83 bits per heavy atom. The van der Waals surface area contributed by atoms with Crippen LogP contribution in [0.3, 0.4) is 0 Å². The standard InChI is InChI=1S/C26H29NO2/c1-20(2)24-14-16-25(17-15-24)21(3)26(28)27(18-22-10-6-4-7-11-22)29-19-23-12-8-5-9-13-23/h4-17,20-21H,18-19H2,1-3H3/t21-/m0/s1. The second-order valence-corrected chi connectivity index (χ2v) is 7.66. The van der Waals surface area contributed by atoms with Gasteiger partial charge in [0.15, 0.2) is 0 Å². The van der Waals surface area contributed by atoms with Gasteiger partial charge in [-0.25, -0.2) is 5.06 Å². The van der Waals surface area contributed by atoms with Gasteiger partial charge in [-0.2, -0.15) is 0 Å². The molecule has 0 aliphatic heterocycles. The molecule has 0 radical (unpaired) electrons. The van der Waals surface area contributed by atoms with Crippen LogP contribution in [0.15, 0.2) is 84.9 Å². The third-order valence-corrected chi connectivity index (χ3v) is 5.12. The van der Waals surface area contributed by atoms with Crippen molar-refractivity contribution in [3.05, 3.63) is 107 Å². The second kappa shape index (κ2) is 10.0. The zero-order valence-corrected chi connectivity index (χ0v) is 17.4. The van der Waals surface area contributed by atoms with E-state index >= 15 is 0 Å². The Balaban J connectivity index is 1.76. The van der Waals surface area contributed by atoms with Gasteiger partial charge in [-0.15, -0.1) is 0 Å². The highest BCUT2D eigenvalue weighted by Crippen LogP contribution is 2.23. The van der Waals surface area contributed by atoms with E-state index in [2.05, 4.69) is 38.1 Å². The Kier molecular flexibility index (Phi) is 7.20. The molecule has 29 heavy (non-hydrogen) atoms. The maximum Gasteiger partial charge on any atom is 0.253 e. The Bertz CT molecular complexity index is 889. The lowest BCUT2D eigenvalue weighted by molar-refractivity contribution is -0.196. The molecular weight excluding hydrogens is 358 g/mol. The fourth-order valence-electron chi connectivity index (χ4n) is 3.19. The third kappa shape index (κ3) is 5.78. The third-order valence-electron chi connectivity index (χ3n) is 5.12. The normalized spacial score (nSPS) is 12.0. The van der Waals surface area contributed by atoms with Crippen molar-refractivity contribution < 1.29 is 9.63 Å². The SMILES string of the molecule is CC(C)c1ccc([C@H](C)C(=O)N(Cc2ccccc2)OCc2ccccc2)cc1. The summed E-state index contributed by atoms with van der Waals surface area (Å²) < 4.78 is 0. The molecule has 0 N–H and O–H groups in total. The maximum absolute atomic E-state index is 13.3. The summed E-state index contributed by atoms with van der Waals surface area (Å²) in [7, 11) is 0. The Labute approximate surface area is 173 Å². The molecule has 3 nitrogen and oxygen atoms in total. The van der Waals surface area contributed by atoms with Crippen LogP contribution in [0.1, 0.15) is 54.9 Å². The van der Waals surface area contributed by atoms with Crippen molar-refractivity contribution in [3.8, 4) is 0 Å². The van der Waals surface area contributed by atoms with Crippen LogP contribution in [0.4, 0.5) is 0 Å². The van der Waals surface area contributed by atoms with E-state index in [1.165, 1.54) is 10.6 Å². The van der Waals surface area contributed by atoms with E-state index in [0.717, 1.165) is 16.7 Å². The van der Waals surface area contributed by atoms with Crippen molar-refractivity contribution in [1.29, 1.82) is 0 Å². The van der Waals surface area contributed by atoms with Crippen LogP contribution in [0.25, 0.3) is 0 Å². The monoisotopic (exact) mass is 387 g/mol. The van der Waals surface area contributed by atoms with Crippen LogP contribution >= 0.6 is 0 Å². The van der Waals surface area contributed by atoms with Gasteiger partial charge in [0.1, 0.15) is 6.61 Å². The first-order valence-corrected chi connectivity index (χ1v) is 10.2. The van der Waals surface area contributed by atoms with E-state index in [1.54, 1.807) is 0 Å². The molecule has 0 unspecified atom stereocenters. The molecule has 3 rings (SSSR count). The van der Waals surface area contributed by atoms with Crippen molar-refractivity contribution in [1.82, 2.24) is 5.06 Å². The van der Waals surface area contributed by atoms with Gasteiger partial charge >= 0.3 is 0 Å². The number of nitrogens with zero attached hydrogens (tertiary/aromatic N) is 1. The summed E-state index contributed by atoms with van der Waals surface area (Å²) in [6.07, 6.45) is 0. The summed E-state index contributed by atoms with van der Waals surface area (Å²) >= 11 is 0. The van der Waals surface area contributed by atoms with Crippen LogP contribution in [-0.4, -0.2) is 11.0 Å². The molecule has 0 aliphatic carbocycles. The van der Waals surface area contributed by atoms with Crippen molar-refractivity contribution in [2.24, 2.45) is 0 Å². The summed E-state index contributed by atoms with van der Waals surface area (Å²) in [6, 6.07) is 28.2. The number of hydrogen-bond donors (Lipinski definition) is 0. The van der Waals surface area contributed by atoms with Crippen LogP contribution in [0, 0.1) is 0 Å². The maximum atomic E-state index is 13.3. The lowest BCUT2D eigenvalue weighted by atomic mass is 9.95. The van der Waals surface area contributed by atoms with Crippen LogP contribution < -0.4 is 0 Å². The lowest BCUT2D eigenvalue weighted by Gasteiger charge is -2.25. The largest absolute Gasteiger partial charge is 0.272 e. The number of amides is 1. The highest BCUT2D eigenvalue weighted by molar-refractivity contribution is 5.82. The smallest absolute Gasteiger partial charge is 0.253 e. The van der Waals surface area contributed by atoms with E-state index in [9.17, 15) is 4.79 Å². The summed E-state index contributed by atoms with van der Waals surface area (Å²) in [4.78, 5) is 19.3. The molecular formula is C26H29NO2. The van der Waals surface area contributed by atoms with Crippen LogP contribution in [0.2, 0.25) is 0 Å². The van der Waals surface area contributed by atoms with Gasteiger partial charge in [-0.1, -0.05) is 98.8 Å². The van der Waals surface area contributed by atoms with Gasteiger partial charge in [0.05, 0.1) is 12.5 Å². The van der Waals surface area contributed by atoms with Gasteiger partial charge in [-0.05, 0) is 35.1 Å². The zero-order valence-electron chi connectivity index (χ0n) is 17.4. The van der Waals surface area contributed by atoms with Gasteiger partial charge in [0.2, 0.25) is 0 Å². The number of carbonyl (C=O) groups excluding carboxylic acids is 1. The van der Waals surface area contributed by atoms with Gasteiger partial charge in [0.25, 0.3) is 5.91 Å². The highest BCUT2D eigenvalue weighted by atomic mass is 16.7. The molecule has 0 fully saturated rings. The number of hydrogen-bond acceptors (Lipinski definition) is 2. The first-order valence-electron chi connectivity index (χ1n) is 10.2. The molecule has 0 heterocycles. The number of hydroxylamine groups is 2. The minimum absolute atomic E-state index is 0.0397. The van der Waals surface area contributed by atoms with Crippen LogP contribution in [0.5, 0.6) is 0 Å². The summed E-state index contributed by atoms with van der Waals surface area (Å²) in [5, 5.41) is 1.50. The van der Waals surface area contributed by atoms with Crippen molar-refractivity contribution in [2.75, 3.05) is 0 Å². The molecule has 3 heteroatoms. The summed E-state index contributed by atoms with van der Waals surface area (Å²) in [6.45, 7) is 7.06. The molecule has 3 aromatic rings. The van der Waals surface area contributed by atoms with Crippen LogP contribution in [-0.2, 0) is 22.8 Å². The van der Waals surface area contributed by atoms with E-state index in [1.807, 2.05) is 67.6 Å². The zero-order chi connectivity index (χ0) is 20.6. The minimum atomic E-state index is -0.282. The van der Waals surface area contributed by atoms with E-state index in [0.29, 0.717) is 19.1 Å². The summed E-state index contributed by atoms with van der Waals surface area (Å²) in [5.74, 6) is 0.150. The predicted molar refractivity (Wildman–Crippen MR) is 117 cm³/mol. The Morgan fingerprint density at radius 2 is 1.28 bits per heavy atom. The average Bonchev–Trinajstić information content (AvgIpc) is 2.77. The Morgan fingerprint density at radius 1 is 0.759 bits per heavy atom. The molecule has 1 atom stereocenters. The lowest BCUT2D eigenvalue weighted by Crippen LogP contribution is -2.34. The minimum Gasteiger partial charge on any atom is -0.272 e. The fourth-order valence-corrected chi connectivity index (χ4v) is 3.19. The first-order chi connectivity index (χ1) is 14.0. The number of rotatable bonds is 8. The molecule has 0 bridgehead atoms. The molecule has 1 amide bonds. The first kappa shape index (κ1) is 20.8. The van der Waals surface area contributed by atoms with Crippen molar-refractivity contribution >= 4 is 5.91 Å². The molecule has 0 saturated heterocycles. The quantitative estimate of drug-likeness (QED) is 0.439. The van der Waals surface area contributed by atoms with Gasteiger partial charge in [0, 0.05) is 0 Å². The van der Waals surface area contributed by atoms with E-state index < -0.39 is 0 Å². The Hall–Kier alpha value is -2.91. The predicted octanol–water partition coefficient (Wildman–Crippen LogP) is 6.07. The van der Waals surface area contributed by atoms with Crippen molar-refractivity contribution in [3.63, 3.8) is 0 Å². The van der Waals surface area contributed by atoms with Gasteiger partial charge in [-0.3, -0.25) is 9.63 Å². The molecule has 0 saturated carbocycles. The fraction of sp³-hybridized carbons (Fsp3) is 0.269. The van der Waals surface area contributed by atoms with Crippen molar-refractivity contribution in [2.45, 2.75) is 45.8 Å². The van der Waals surface area contributed by atoms with E-state index in [-0.39, 0.29) is 11.8 Å². The molecule has 3 aromatic carbocycles. The summed E-state index contributed by atoms with van der Waals surface area (Å²) in [5.41, 5.74) is 4.35. The molecule has 150 valence electrons. The van der Waals surface area contributed by atoms with E-state index in [4.69, 9.17) is 4.84 Å².